The zero-order valence-electron chi connectivity index (χ0n) is 26.8. The SMILES string of the molecule is CC(=O)N(C1CCC(F)(F)CC1)[C@H]1C[C@@H](C(=O)N2CCN(C)CC2)N(C(=O)[C@@H]2CN(C(C)(C)C)C[C@H]2c2ccc(Cl)cc2)C1. The second kappa shape index (κ2) is 12.8. The van der Waals surface area contributed by atoms with E-state index in [9.17, 15) is 23.2 Å². The molecular formula is C33H48ClF2N5O3. The topological polar surface area (TPSA) is 67.4 Å². The number of amides is 3. The van der Waals surface area contributed by atoms with E-state index >= 15 is 0 Å². The van der Waals surface area contributed by atoms with Crippen LogP contribution in [0, 0.1) is 5.92 Å². The van der Waals surface area contributed by atoms with Gasteiger partial charge in [-0.3, -0.25) is 19.3 Å². The Kier molecular flexibility index (Phi) is 9.65. The third-order valence-electron chi connectivity index (χ3n) is 10.4. The quantitative estimate of drug-likeness (QED) is 0.482. The molecular weight excluding hydrogens is 588 g/mol. The predicted molar refractivity (Wildman–Crippen MR) is 167 cm³/mol. The lowest BCUT2D eigenvalue weighted by atomic mass is 9.87. The van der Waals surface area contributed by atoms with Gasteiger partial charge in [0.2, 0.25) is 23.6 Å². The van der Waals surface area contributed by atoms with Gasteiger partial charge in [0.15, 0.2) is 0 Å². The molecule has 0 spiro atoms. The van der Waals surface area contributed by atoms with Crippen LogP contribution in [-0.2, 0) is 14.4 Å². The van der Waals surface area contributed by atoms with Gasteiger partial charge in [0, 0.05) is 88.1 Å². The molecule has 3 aliphatic heterocycles. The summed E-state index contributed by atoms with van der Waals surface area (Å²) in [5, 5.41) is 0.632. The minimum absolute atomic E-state index is 0.0784. The van der Waals surface area contributed by atoms with Crippen molar-refractivity contribution < 1.29 is 23.2 Å². The van der Waals surface area contributed by atoms with E-state index in [4.69, 9.17) is 11.6 Å². The number of halogens is 3. The summed E-state index contributed by atoms with van der Waals surface area (Å²) in [6.07, 6.45) is 0.248. The first-order valence-electron chi connectivity index (χ1n) is 16.1. The average molecular weight is 636 g/mol. The number of hydrogen-bond acceptors (Lipinski definition) is 5. The molecule has 11 heteroatoms. The predicted octanol–water partition coefficient (Wildman–Crippen LogP) is 4.32. The number of likely N-dealkylation sites (N-methyl/N-ethyl adjacent to an activating group) is 1. The average Bonchev–Trinajstić information content (AvgIpc) is 3.60. The van der Waals surface area contributed by atoms with Crippen LogP contribution in [-0.4, -0.2) is 125 Å². The van der Waals surface area contributed by atoms with E-state index in [-0.39, 0.29) is 73.4 Å². The summed E-state index contributed by atoms with van der Waals surface area (Å²) in [5.41, 5.74) is 0.877. The van der Waals surface area contributed by atoms with Crippen LogP contribution in [0.2, 0.25) is 5.02 Å². The van der Waals surface area contributed by atoms with Crippen LogP contribution >= 0.6 is 11.6 Å². The third kappa shape index (κ3) is 7.07. The van der Waals surface area contributed by atoms with Gasteiger partial charge in [-0.1, -0.05) is 23.7 Å². The Morgan fingerprint density at radius 3 is 2.09 bits per heavy atom. The monoisotopic (exact) mass is 635 g/mol. The van der Waals surface area contributed by atoms with E-state index in [2.05, 4.69) is 30.6 Å². The van der Waals surface area contributed by atoms with Crippen molar-refractivity contribution in [2.24, 2.45) is 5.92 Å². The first kappa shape index (κ1) is 33.1. The Hall–Kier alpha value is -2.30. The van der Waals surface area contributed by atoms with Crippen molar-refractivity contribution in [1.29, 1.82) is 0 Å². The molecule has 244 valence electrons. The normalized spacial score (nSPS) is 28.8. The van der Waals surface area contributed by atoms with E-state index < -0.39 is 18.0 Å². The summed E-state index contributed by atoms with van der Waals surface area (Å²) in [6.45, 7) is 12.1. The maximum Gasteiger partial charge on any atom is 0.248 e. The Balaban J connectivity index is 1.45. The smallest absolute Gasteiger partial charge is 0.248 e. The fraction of sp³-hybridized carbons (Fsp3) is 0.727. The van der Waals surface area contributed by atoms with Gasteiger partial charge in [-0.05, 0) is 64.8 Å². The van der Waals surface area contributed by atoms with Crippen LogP contribution in [0.25, 0.3) is 0 Å². The van der Waals surface area contributed by atoms with Crippen molar-refractivity contribution in [3.8, 4) is 0 Å². The van der Waals surface area contributed by atoms with Crippen molar-refractivity contribution in [2.75, 3.05) is 52.9 Å². The number of likely N-dealkylation sites (tertiary alicyclic amines) is 2. The molecule has 44 heavy (non-hydrogen) atoms. The third-order valence-corrected chi connectivity index (χ3v) is 10.6. The molecule has 0 bridgehead atoms. The Morgan fingerprint density at radius 2 is 1.52 bits per heavy atom. The molecule has 0 radical (unpaired) electrons. The standard InChI is InChI=1S/C33H48ClF2N5O3/c1-22(42)41(25-10-12-33(35,36)13-11-25)26-18-29(31(44)38-16-14-37(5)15-17-38)40(19-26)30(43)28-21-39(32(2,3)4)20-27(28)23-6-8-24(34)9-7-23/h6-9,25-29H,10-21H2,1-5H3/t26-,27-,28+,29-/m0/s1. The molecule has 4 aliphatic rings. The van der Waals surface area contributed by atoms with Gasteiger partial charge < -0.3 is 19.6 Å². The summed E-state index contributed by atoms with van der Waals surface area (Å²) >= 11 is 6.21. The maximum atomic E-state index is 14.7. The molecule has 1 saturated carbocycles. The maximum absolute atomic E-state index is 14.7. The van der Waals surface area contributed by atoms with Gasteiger partial charge in [-0.2, -0.15) is 0 Å². The van der Waals surface area contributed by atoms with Crippen molar-refractivity contribution in [2.45, 2.75) is 95.3 Å². The van der Waals surface area contributed by atoms with E-state index in [1.165, 1.54) is 6.92 Å². The summed E-state index contributed by atoms with van der Waals surface area (Å²) in [5.74, 6) is -3.52. The highest BCUT2D eigenvalue weighted by atomic mass is 35.5. The van der Waals surface area contributed by atoms with Crippen molar-refractivity contribution in [3.63, 3.8) is 0 Å². The highest BCUT2D eigenvalue weighted by Gasteiger charge is 2.51. The van der Waals surface area contributed by atoms with Crippen LogP contribution < -0.4 is 0 Å². The fourth-order valence-corrected chi connectivity index (χ4v) is 7.83. The minimum Gasteiger partial charge on any atom is -0.338 e. The Morgan fingerprint density at radius 1 is 0.909 bits per heavy atom. The molecule has 1 aromatic carbocycles. The lowest BCUT2D eigenvalue weighted by molar-refractivity contribution is -0.147. The number of hydrogen-bond donors (Lipinski definition) is 0. The molecule has 0 unspecified atom stereocenters. The van der Waals surface area contributed by atoms with Crippen molar-refractivity contribution in [3.05, 3.63) is 34.9 Å². The van der Waals surface area contributed by atoms with Gasteiger partial charge in [0.25, 0.3) is 0 Å². The van der Waals surface area contributed by atoms with E-state index in [1.807, 2.05) is 36.2 Å². The van der Waals surface area contributed by atoms with Crippen LogP contribution in [0.3, 0.4) is 0 Å². The summed E-state index contributed by atoms with van der Waals surface area (Å²) in [7, 11) is 2.03. The van der Waals surface area contributed by atoms with Crippen LogP contribution in [0.1, 0.15) is 71.3 Å². The van der Waals surface area contributed by atoms with Crippen LogP contribution in [0.15, 0.2) is 24.3 Å². The number of benzene rings is 1. The molecule has 0 N–H and O–H groups in total. The van der Waals surface area contributed by atoms with Crippen molar-refractivity contribution in [1.82, 2.24) is 24.5 Å². The molecule has 3 heterocycles. The molecule has 1 aliphatic carbocycles. The minimum atomic E-state index is -2.71. The van der Waals surface area contributed by atoms with Gasteiger partial charge >= 0.3 is 0 Å². The summed E-state index contributed by atoms with van der Waals surface area (Å²) in [4.78, 5) is 51.7. The van der Waals surface area contributed by atoms with Crippen LogP contribution in [0.5, 0.6) is 0 Å². The Labute approximate surface area is 265 Å². The zero-order valence-corrected chi connectivity index (χ0v) is 27.5. The molecule has 4 atom stereocenters. The number of piperazine rings is 1. The van der Waals surface area contributed by atoms with Gasteiger partial charge in [-0.15, -0.1) is 0 Å². The zero-order chi connectivity index (χ0) is 32.0. The summed E-state index contributed by atoms with van der Waals surface area (Å²) < 4.78 is 28.1. The number of carbonyl (C=O) groups is 3. The highest BCUT2D eigenvalue weighted by molar-refractivity contribution is 6.30. The van der Waals surface area contributed by atoms with E-state index in [0.29, 0.717) is 37.6 Å². The first-order chi connectivity index (χ1) is 20.6. The number of nitrogens with zero attached hydrogens (tertiary/aromatic N) is 5. The number of carbonyl (C=O) groups excluding carboxylic acids is 3. The molecule has 8 nitrogen and oxygen atoms in total. The van der Waals surface area contributed by atoms with Gasteiger partial charge in [-0.25, -0.2) is 8.78 Å². The molecule has 0 aromatic heterocycles. The largest absolute Gasteiger partial charge is 0.338 e. The summed E-state index contributed by atoms with van der Waals surface area (Å²) in [6, 6.07) is 6.24. The molecule has 3 amide bonds. The highest BCUT2D eigenvalue weighted by Crippen LogP contribution is 2.41. The molecule has 4 fully saturated rings. The lowest BCUT2D eigenvalue weighted by Gasteiger charge is -2.39. The lowest BCUT2D eigenvalue weighted by Crippen LogP contribution is -2.54. The second-order valence-electron chi connectivity index (χ2n) is 14.4. The molecule has 1 aromatic rings. The van der Waals surface area contributed by atoms with Gasteiger partial charge in [0.1, 0.15) is 6.04 Å². The molecule has 3 saturated heterocycles. The second-order valence-corrected chi connectivity index (χ2v) is 14.8. The first-order valence-corrected chi connectivity index (χ1v) is 16.5. The van der Waals surface area contributed by atoms with Gasteiger partial charge in [0.05, 0.1) is 12.0 Å². The molecule has 5 rings (SSSR count). The van der Waals surface area contributed by atoms with E-state index in [1.54, 1.807) is 9.80 Å². The van der Waals surface area contributed by atoms with Crippen molar-refractivity contribution >= 4 is 29.3 Å². The fourth-order valence-electron chi connectivity index (χ4n) is 7.71. The Bertz CT molecular complexity index is 1210. The number of rotatable bonds is 5. The van der Waals surface area contributed by atoms with Crippen LogP contribution in [0.4, 0.5) is 8.78 Å². The number of alkyl halides is 2. The van der Waals surface area contributed by atoms with E-state index in [0.717, 1.165) is 18.7 Å².